The predicted octanol–water partition coefficient (Wildman–Crippen LogP) is 9.45. The lowest BCUT2D eigenvalue weighted by Gasteiger charge is -2.39. The second-order valence-electron chi connectivity index (χ2n) is 13.0. The van der Waals surface area contributed by atoms with Gasteiger partial charge in [0.05, 0.1) is 11.0 Å². The van der Waals surface area contributed by atoms with Gasteiger partial charge in [-0.2, -0.15) is 0 Å². The van der Waals surface area contributed by atoms with Gasteiger partial charge >= 0.3 is 0 Å². The maximum atomic E-state index is 6.70. The summed E-state index contributed by atoms with van der Waals surface area (Å²) in [5.74, 6) is 2.20. The largest absolute Gasteiger partial charge is 0.487 e. The van der Waals surface area contributed by atoms with Crippen molar-refractivity contribution in [3.05, 3.63) is 88.5 Å². The van der Waals surface area contributed by atoms with E-state index in [1.54, 1.807) is 0 Å². The number of benzene rings is 4. The number of hydrogen-bond acceptors (Lipinski definition) is 2. The zero-order valence-corrected chi connectivity index (χ0v) is 24.0. The van der Waals surface area contributed by atoms with Gasteiger partial charge in [0.2, 0.25) is 0 Å². The van der Waals surface area contributed by atoms with Crippen LogP contribution in [0, 0.1) is 13.8 Å². The predicted molar refractivity (Wildman–Crippen MR) is 166 cm³/mol. The molecule has 0 saturated heterocycles. The smallest absolute Gasteiger partial charge is 0.132 e. The van der Waals surface area contributed by atoms with Crippen molar-refractivity contribution in [3.63, 3.8) is 0 Å². The Labute approximate surface area is 234 Å². The maximum absolute atomic E-state index is 6.70. The van der Waals surface area contributed by atoms with Crippen LogP contribution in [-0.4, -0.2) is 21.2 Å². The van der Waals surface area contributed by atoms with Gasteiger partial charge in [0.25, 0.3) is 0 Å². The molecular formula is C36H34N2O2. The lowest BCUT2D eigenvalue weighted by atomic mass is 9.78. The second-order valence-corrected chi connectivity index (χ2v) is 13.0. The number of fused-ring (bicyclic) bond motifs is 10. The summed E-state index contributed by atoms with van der Waals surface area (Å²) in [7, 11) is 0. The Balaban J connectivity index is 1.38. The summed E-state index contributed by atoms with van der Waals surface area (Å²) in [6, 6.07) is 20.1. The number of ether oxygens (including phenoxy) is 2. The van der Waals surface area contributed by atoms with Crippen LogP contribution in [0.25, 0.3) is 49.7 Å². The molecular weight excluding hydrogens is 492 g/mol. The second kappa shape index (κ2) is 7.72. The fraction of sp³-hybridized carbons (Fsp3) is 0.278. The third kappa shape index (κ3) is 3.32. The number of aromatic nitrogens is 2. The van der Waals surface area contributed by atoms with Gasteiger partial charge < -0.3 is 19.4 Å². The molecule has 8 rings (SSSR count). The van der Waals surface area contributed by atoms with Crippen LogP contribution in [0.3, 0.4) is 0 Å². The Bertz CT molecular complexity index is 2070. The molecule has 2 aliphatic heterocycles. The van der Waals surface area contributed by atoms with Crippen LogP contribution >= 0.6 is 0 Å². The molecule has 1 atom stereocenters. The molecule has 0 radical (unpaired) electrons. The summed E-state index contributed by atoms with van der Waals surface area (Å²) in [5, 5.41) is 5.03. The number of aryl methyl sites for hydroxylation is 2. The molecule has 4 heteroatoms. The Morgan fingerprint density at radius 1 is 0.725 bits per heavy atom. The summed E-state index contributed by atoms with van der Waals surface area (Å²) >= 11 is 0. The van der Waals surface area contributed by atoms with E-state index in [-0.39, 0.29) is 17.1 Å². The van der Waals surface area contributed by atoms with Crippen molar-refractivity contribution in [1.29, 1.82) is 0 Å². The number of para-hydroxylation sites is 1. The van der Waals surface area contributed by atoms with Crippen LogP contribution in [0.4, 0.5) is 0 Å². The van der Waals surface area contributed by atoms with Crippen molar-refractivity contribution in [2.45, 2.75) is 65.1 Å². The van der Waals surface area contributed by atoms with E-state index in [9.17, 15) is 0 Å². The highest BCUT2D eigenvalue weighted by atomic mass is 16.5. The third-order valence-electron chi connectivity index (χ3n) is 8.92. The molecule has 2 aromatic heterocycles. The summed E-state index contributed by atoms with van der Waals surface area (Å²) in [4.78, 5) is 7.48. The van der Waals surface area contributed by atoms with Crippen molar-refractivity contribution < 1.29 is 9.47 Å². The maximum Gasteiger partial charge on any atom is 0.132 e. The van der Waals surface area contributed by atoms with Gasteiger partial charge in [-0.05, 0) is 107 Å². The number of nitrogens with one attached hydrogen (secondary N) is 2. The Kier molecular flexibility index (Phi) is 4.57. The first-order valence-corrected chi connectivity index (χ1v) is 14.3. The van der Waals surface area contributed by atoms with Gasteiger partial charge in [-0.1, -0.05) is 24.3 Å². The molecule has 0 fully saturated rings. The normalized spacial score (nSPS) is 19.1. The summed E-state index contributed by atoms with van der Waals surface area (Å²) in [6.07, 6.45) is 5.28. The summed E-state index contributed by atoms with van der Waals surface area (Å²) < 4.78 is 13.1. The van der Waals surface area contributed by atoms with Crippen LogP contribution in [0.15, 0.2) is 60.7 Å². The minimum absolute atomic E-state index is 0.200. The zero-order chi connectivity index (χ0) is 27.6. The molecule has 0 amide bonds. The van der Waals surface area contributed by atoms with Crippen molar-refractivity contribution in [3.8, 4) is 11.5 Å². The highest BCUT2D eigenvalue weighted by Gasteiger charge is 2.38. The van der Waals surface area contributed by atoms with Crippen LogP contribution in [0.1, 0.15) is 67.9 Å². The van der Waals surface area contributed by atoms with Gasteiger partial charge in [0, 0.05) is 49.6 Å². The van der Waals surface area contributed by atoms with Gasteiger partial charge in [0.15, 0.2) is 0 Å². The molecule has 4 aromatic carbocycles. The third-order valence-corrected chi connectivity index (χ3v) is 8.92. The number of aromatic amines is 2. The molecule has 4 heterocycles. The van der Waals surface area contributed by atoms with E-state index in [0.29, 0.717) is 0 Å². The SMILES string of the molecule is Cc1cc2c([nH]c3ccc([C@@H]4CC(C)(C)Oc5c(C)cc6c([nH]c7ccccc76)c54)cc32)c2c1OC(C)(C)C=C2. The first kappa shape index (κ1) is 23.7. The van der Waals surface area contributed by atoms with Gasteiger partial charge in [0.1, 0.15) is 22.7 Å². The molecule has 2 N–H and O–H groups in total. The monoisotopic (exact) mass is 526 g/mol. The molecule has 200 valence electrons. The minimum Gasteiger partial charge on any atom is -0.487 e. The van der Waals surface area contributed by atoms with E-state index < -0.39 is 0 Å². The molecule has 0 spiro atoms. The zero-order valence-electron chi connectivity index (χ0n) is 24.0. The van der Waals surface area contributed by atoms with Crippen LogP contribution < -0.4 is 9.47 Å². The van der Waals surface area contributed by atoms with Crippen molar-refractivity contribution in [2.24, 2.45) is 0 Å². The highest BCUT2D eigenvalue weighted by molar-refractivity contribution is 6.12. The molecule has 6 aromatic rings. The molecule has 40 heavy (non-hydrogen) atoms. The highest BCUT2D eigenvalue weighted by Crippen LogP contribution is 2.50. The topological polar surface area (TPSA) is 50.0 Å². The lowest BCUT2D eigenvalue weighted by Crippen LogP contribution is -2.35. The van der Waals surface area contributed by atoms with Gasteiger partial charge in [-0.3, -0.25) is 0 Å². The van der Waals surface area contributed by atoms with Crippen molar-refractivity contribution in [2.75, 3.05) is 0 Å². The Morgan fingerprint density at radius 2 is 1.43 bits per heavy atom. The first-order valence-electron chi connectivity index (χ1n) is 14.3. The minimum atomic E-state index is -0.306. The van der Waals surface area contributed by atoms with E-state index in [4.69, 9.17) is 9.47 Å². The van der Waals surface area contributed by atoms with Crippen LogP contribution in [0.2, 0.25) is 0 Å². The molecule has 2 aliphatic rings. The standard InChI is InChI=1S/C36H34N2O2/c1-19-15-26-24-17-21(11-12-29(24)37-31(26)23-13-14-35(3,4)39-33(19)23)27-18-36(5,6)40-34-20(2)16-25-22-9-7-8-10-28(22)38-32(25)30(27)34/h7-17,27,37-38H,18H2,1-6H3/t27-/m0/s1. The Hall–Kier alpha value is -4.18. The van der Waals surface area contributed by atoms with E-state index >= 15 is 0 Å². The molecule has 4 nitrogen and oxygen atoms in total. The first-order chi connectivity index (χ1) is 19.1. The molecule has 0 aliphatic carbocycles. The van der Waals surface area contributed by atoms with Crippen molar-refractivity contribution >= 4 is 49.7 Å². The number of H-pyrrole nitrogens is 2. The van der Waals surface area contributed by atoms with Crippen LogP contribution in [-0.2, 0) is 0 Å². The average molecular weight is 527 g/mol. The van der Waals surface area contributed by atoms with Crippen molar-refractivity contribution in [1.82, 2.24) is 9.97 Å². The lowest BCUT2D eigenvalue weighted by molar-refractivity contribution is 0.0771. The quantitative estimate of drug-likeness (QED) is 0.224. The fourth-order valence-corrected chi connectivity index (χ4v) is 7.09. The summed E-state index contributed by atoms with van der Waals surface area (Å²) in [6.45, 7) is 13.0. The summed E-state index contributed by atoms with van der Waals surface area (Å²) in [5.41, 5.74) is 10.2. The Morgan fingerprint density at radius 3 is 2.25 bits per heavy atom. The molecule has 0 unspecified atom stereocenters. The average Bonchev–Trinajstić information content (AvgIpc) is 3.45. The van der Waals surface area contributed by atoms with E-state index in [2.05, 4.69) is 118 Å². The number of rotatable bonds is 1. The van der Waals surface area contributed by atoms with E-state index in [1.165, 1.54) is 54.8 Å². The van der Waals surface area contributed by atoms with E-state index in [0.717, 1.165) is 34.5 Å². The van der Waals surface area contributed by atoms with Gasteiger partial charge in [-0.25, -0.2) is 0 Å². The molecule has 0 bridgehead atoms. The van der Waals surface area contributed by atoms with Gasteiger partial charge in [-0.15, -0.1) is 0 Å². The molecule has 0 saturated carbocycles. The van der Waals surface area contributed by atoms with Crippen LogP contribution in [0.5, 0.6) is 11.5 Å². The fourth-order valence-electron chi connectivity index (χ4n) is 7.09. The number of hydrogen-bond donors (Lipinski definition) is 2. The van der Waals surface area contributed by atoms with E-state index in [1.807, 2.05) is 0 Å².